The number of piperazine rings is 1. The van der Waals surface area contributed by atoms with E-state index in [0.717, 1.165) is 5.56 Å². The van der Waals surface area contributed by atoms with E-state index in [1.165, 1.54) is 12.6 Å². The summed E-state index contributed by atoms with van der Waals surface area (Å²) in [5.74, 6) is 0.959. The lowest BCUT2D eigenvalue weighted by molar-refractivity contribution is -0.385. The van der Waals surface area contributed by atoms with Gasteiger partial charge in [0.05, 0.1) is 11.2 Å². The molecule has 11 nitrogen and oxygen atoms in total. The summed E-state index contributed by atoms with van der Waals surface area (Å²) in [6.45, 7) is 5.40. The molecule has 0 radical (unpaired) electrons. The molecule has 1 saturated heterocycles. The third kappa shape index (κ3) is 4.00. The Morgan fingerprint density at radius 1 is 1.15 bits per heavy atom. The van der Waals surface area contributed by atoms with Crippen molar-refractivity contribution in [1.29, 1.82) is 0 Å². The summed E-state index contributed by atoms with van der Waals surface area (Å²) in [5, 5.41) is 12.1. The van der Waals surface area contributed by atoms with Gasteiger partial charge in [0.2, 0.25) is 5.82 Å². The zero-order valence-electron chi connectivity index (χ0n) is 18.8. The number of carbonyl (C=O) groups excluding carboxylic acids is 1. The summed E-state index contributed by atoms with van der Waals surface area (Å²) in [5.41, 5.74) is 0.247. The van der Waals surface area contributed by atoms with Gasteiger partial charge in [-0.05, 0) is 32.0 Å². The van der Waals surface area contributed by atoms with Gasteiger partial charge < -0.3 is 23.7 Å². The average Bonchev–Trinajstić information content (AvgIpc) is 3.46. The van der Waals surface area contributed by atoms with Gasteiger partial charge in [0.1, 0.15) is 11.9 Å². The summed E-state index contributed by atoms with van der Waals surface area (Å²) in [6.07, 6.45) is 3.40. The second-order valence-corrected chi connectivity index (χ2v) is 8.75. The molecule has 1 amide bonds. The fourth-order valence-electron chi connectivity index (χ4n) is 4.27. The van der Waals surface area contributed by atoms with Crippen molar-refractivity contribution in [2.45, 2.75) is 25.9 Å². The van der Waals surface area contributed by atoms with E-state index >= 15 is 0 Å². The first kappa shape index (κ1) is 21.7. The molecule has 0 aliphatic carbocycles. The minimum Gasteiger partial charge on any atom is -0.483 e. The number of ether oxygens (including phenoxy) is 2. The molecule has 0 unspecified atom stereocenters. The number of benzene rings is 1. The van der Waals surface area contributed by atoms with Gasteiger partial charge in [-0.25, -0.2) is 4.98 Å². The van der Waals surface area contributed by atoms with E-state index < -0.39 is 10.5 Å². The van der Waals surface area contributed by atoms with Crippen LogP contribution < -0.4 is 14.4 Å². The number of furan rings is 1. The van der Waals surface area contributed by atoms with Gasteiger partial charge in [-0.1, -0.05) is 12.1 Å². The van der Waals surface area contributed by atoms with Gasteiger partial charge in [0.15, 0.2) is 17.3 Å². The number of anilines is 1. The van der Waals surface area contributed by atoms with Crippen LogP contribution in [0.25, 0.3) is 0 Å². The molecule has 5 rings (SSSR count). The molecule has 176 valence electrons. The fourth-order valence-corrected chi connectivity index (χ4v) is 4.27. The number of aromatic nitrogens is 2. The molecule has 34 heavy (non-hydrogen) atoms. The van der Waals surface area contributed by atoms with Crippen LogP contribution in [0.4, 0.5) is 11.5 Å². The Balaban J connectivity index is 1.39. The third-order valence-electron chi connectivity index (χ3n) is 5.81. The lowest BCUT2D eigenvalue weighted by atomic mass is 10.0. The zero-order chi connectivity index (χ0) is 23.9. The monoisotopic (exact) mass is 465 g/mol. The maximum Gasteiger partial charge on any atom is 0.373 e. The highest BCUT2D eigenvalue weighted by Gasteiger charge is 2.35. The Hall–Kier alpha value is -4.15. The van der Waals surface area contributed by atoms with Crippen LogP contribution in [0.1, 0.15) is 30.0 Å². The molecular weight excluding hydrogens is 442 g/mol. The van der Waals surface area contributed by atoms with Crippen molar-refractivity contribution in [3.8, 4) is 17.4 Å². The van der Waals surface area contributed by atoms with Crippen LogP contribution in [0.2, 0.25) is 0 Å². The number of para-hydroxylation sites is 1. The van der Waals surface area contributed by atoms with Crippen LogP contribution >= 0.6 is 0 Å². The van der Waals surface area contributed by atoms with Crippen LogP contribution in [-0.2, 0) is 6.42 Å². The summed E-state index contributed by atoms with van der Waals surface area (Å²) in [4.78, 5) is 35.7. The van der Waals surface area contributed by atoms with Crippen molar-refractivity contribution >= 4 is 17.4 Å². The molecule has 1 aromatic carbocycles. The highest BCUT2D eigenvalue weighted by molar-refractivity contribution is 5.91. The van der Waals surface area contributed by atoms with E-state index in [1.54, 1.807) is 28.0 Å². The number of nitro groups is 1. The molecule has 4 heterocycles. The predicted octanol–water partition coefficient (Wildman–Crippen LogP) is 3.45. The second kappa shape index (κ2) is 8.32. The number of carbonyl (C=O) groups is 1. The summed E-state index contributed by atoms with van der Waals surface area (Å²) in [7, 11) is 0. The lowest BCUT2D eigenvalue weighted by Gasteiger charge is -2.34. The standard InChI is InChI=1S/C23H23N5O6/c1-23(2)13-15-5-3-6-16(19(15)34-23)33-21-18(28(30)31)20(24-14-25-21)26-8-10-27(11-9-26)22(29)17-7-4-12-32-17/h3-7,12,14H,8-11,13H2,1-2H3. The number of hydrogen-bond donors (Lipinski definition) is 0. The molecule has 0 saturated carbocycles. The first-order valence-corrected chi connectivity index (χ1v) is 10.9. The summed E-state index contributed by atoms with van der Waals surface area (Å²) < 4.78 is 17.1. The Bertz CT molecular complexity index is 1230. The largest absolute Gasteiger partial charge is 0.483 e. The van der Waals surface area contributed by atoms with E-state index in [0.29, 0.717) is 44.1 Å². The van der Waals surface area contributed by atoms with Gasteiger partial charge in [-0.15, -0.1) is 0 Å². The quantitative estimate of drug-likeness (QED) is 0.411. The summed E-state index contributed by atoms with van der Waals surface area (Å²) in [6, 6.07) is 8.73. The average molecular weight is 465 g/mol. The van der Waals surface area contributed by atoms with Crippen LogP contribution in [0.5, 0.6) is 17.4 Å². The van der Waals surface area contributed by atoms with E-state index in [2.05, 4.69) is 9.97 Å². The van der Waals surface area contributed by atoms with Gasteiger partial charge in [0, 0.05) is 38.2 Å². The maximum absolute atomic E-state index is 12.5. The minimum absolute atomic E-state index is 0.147. The first-order chi connectivity index (χ1) is 16.3. The molecular formula is C23H23N5O6. The highest BCUT2D eigenvalue weighted by atomic mass is 16.6. The van der Waals surface area contributed by atoms with Crippen molar-refractivity contribution in [3.05, 3.63) is 64.4 Å². The van der Waals surface area contributed by atoms with Gasteiger partial charge in [-0.2, -0.15) is 4.98 Å². The smallest absolute Gasteiger partial charge is 0.373 e. The van der Waals surface area contributed by atoms with Crippen LogP contribution in [0, 0.1) is 10.1 Å². The Morgan fingerprint density at radius 3 is 2.65 bits per heavy atom. The Morgan fingerprint density at radius 2 is 1.94 bits per heavy atom. The van der Waals surface area contributed by atoms with Crippen LogP contribution in [0.15, 0.2) is 47.3 Å². The van der Waals surface area contributed by atoms with Crippen molar-refractivity contribution in [3.63, 3.8) is 0 Å². The van der Waals surface area contributed by atoms with Crippen molar-refractivity contribution in [1.82, 2.24) is 14.9 Å². The number of fused-ring (bicyclic) bond motifs is 1. The molecule has 3 aromatic rings. The zero-order valence-corrected chi connectivity index (χ0v) is 18.8. The third-order valence-corrected chi connectivity index (χ3v) is 5.81. The molecule has 0 spiro atoms. The Labute approximate surface area is 195 Å². The SMILES string of the molecule is CC1(C)Cc2cccc(Oc3ncnc(N4CCN(C(=O)c5ccco5)CC4)c3[N+](=O)[O-])c2O1. The van der Waals surface area contributed by atoms with E-state index in [4.69, 9.17) is 13.9 Å². The van der Waals surface area contributed by atoms with Crippen molar-refractivity contribution in [2.75, 3.05) is 31.1 Å². The van der Waals surface area contributed by atoms with E-state index in [-0.39, 0.29) is 29.1 Å². The second-order valence-electron chi connectivity index (χ2n) is 8.75. The molecule has 2 aromatic heterocycles. The van der Waals surface area contributed by atoms with Gasteiger partial charge in [-0.3, -0.25) is 14.9 Å². The molecule has 1 fully saturated rings. The molecule has 0 N–H and O–H groups in total. The number of rotatable bonds is 5. The number of nitrogens with zero attached hydrogens (tertiary/aromatic N) is 5. The summed E-state index contributed by atoms with van der Waals surface area (Å²) >= 11 is 0. The van der Waals surface area contributed by atoms with Crippen molar-refractivity contribution < 1.29 is 23.6 Å². The maximum atomic E-state index is 12.5. The molecule has 0 atom stereocenters. The first-order valence-electron chi connectivity index (χ1n) is 10.9. The van der Waals surface area contributed by atoms with Gasteiger partial charge in [0.25, 0.3) is 5.91 Å². The van der Waals surface area contributed by atoms with E-state index in [1.807, 2.05) is 26.0 Å². The highest BCUT2D eigenvalue weighted by Crippen LogP contribution is 2.45. The van der Waals surface area contributed by atoms with Gasteiger partial charge >= 0.3 is 11.6 Å². The van der Waals surface area contributed by atoms with Crippen LogP contribution in [-0.4, -0.2) is 57.5 Å². The topological polar surface area (TPSA) is 124 Å². The van der Waals surface area contributed by atoms with Crippen LogP contribution in [0.3, 0.4) is 0 Å². The predicted molar refractivity (Wildman–Crippen MR) is 120 cm³/mol. The fraction of sp³-hybridized carbons (Fsp3) is 0.348. The number of amides is 1. The minimum atomic E-state index is -0.543. The Kier molecular flexibility index (Phi) is 5.31. The molecule has 2 aliphatic rings. The molecule has 2 aliphatic heterocycles. The van der Waals surface area contributed by atoms with E-state index in [9.17, 15) is 14.9 Å². The number of hydrogen-bond acceptors (Lipinski definition) is 9. The lowest BCUT2D eigenvalue weighted by Crippen LogP contribution is -2.49. The van der Waals surface area contributed by atoms with Crippen molar-refractivity contribution in [2.24, 2.45) is 0 Å². The normalized spacial score (nSPS) is 16.6. The molecule has 11 heteroatoms. The molecule has 0 bridgehead atoms.